The predicted octanol–water partition coefficient (Wildman–Crippen LogP) is 3.28. The molecule has 2 aliphatic heterocycles. The van der Waals surface area contributed by atoms with E-state index >= 15 is 0 Å². The first kappa shape index (κ1) is 14.1. The molecule has 1 aromatic rings. The third-order valence-corrected chi connectivity index (χ3v) is 4.19. The Hall–Kier alpha value is -1.84. The molecule has 2 fully saturated rings. The lowest BCUT2D eigenvalue weighted by molar-refractivity contribution is 0.339. The van der Waals surface area contributed by atoms with Crippen LogP contribution < -0.4 is 0 Å². The van der Waals surface area contributed by atoms with Crippen LogP contribution in [0.3, 0.4) is 0 Å². The molecule has 112 valence electrons. The summed E-state index contributed by atoms with van der Waals surface area (Å²) in [6.07, 6.45) is 6.08. The number of aliphatic imine (C=N–C) groups is 2. The summed E-state index contributed by atoms with van der Waals surface area (Å²) >= 11 is 0. The maximum Gasteiger partial charge on any atom is 0.227 e. The summed E-state index contributed by atoms with van der Waals surface area (Å²) in [6, 6.07) is 10.2. The lowest BCUT2D eigenvalue weighted by atomic mass is 10.1. The van der Waals surface area contributed by atoms with E-state index in [4.69, 9.17) is 9.98 Å². The monoisotopic (exact) mass is 284 g/mol. The van der Waals surface area contributed by atoms with Crippen molar-refractivity contribution in [3.05, 3.63) is 30.3 Å². The normalized spacial score (nSPS) is 22.1. The van der Waals surface area contributed by atoms with E-state index in [-0.39, 0.29) is 0 Å². The van der Waals surface area contributed by atoms with Gasteiger partial charge in [-0.3, -0.25) is 0 Å². The molecule has 0 aliphatic carbocycles. The predicted molar refractivity (Wildman–Crippen MR) is 88.3 cm³/mol. The van der Waals surface area contributed by atoms with E-state index in [1.54, 1.807) is 0 Å². The minimum Gasteiger partial charge on any atom is -0.363 e. The number of piperidine rings is 1. The van der Waals surface area contributed by atoms with Crippen LogP contribution in [0, 0.1) is 0 Å². The van der Waals surface area contributed by atoms with Crippen molar-refractivity contribution < 1.29 is 0 Å². The first-order valence-corrected chi connectivity index (χ1v) is 8.00. The molecule has 0 radical (unpaired) electrons. The Morgan fingerprint density at radius 2 is 1.71 bits per heavy atom. The van der Waals surface area contributed by atoms with Gasteiger partial charge in [-0.05, 0) is 37.8 Å². The second-order valence-corrected chi connectivity index (χ2v) is 5.85. The number of rotatable bonds is 1. The number of nitrogens with zero attached hydrogens (tertiary/aromatic N) is 4. The third kappa shape index (κ3) is 3.63. The summed E-state index contributed by atoms with van der Waals surface area (Å²) < 4.78 is 0. The van der Waals surface area contributed by atoms with Crippen molar-refractivity contribution in [2.75, 3.05) is 26.7 Å². The van der Waals surface area contributed by atoms with Crippen molar-refractivity contribution in [1.29, 1.82) is 0 Å². The van der Waals surface area contributed by atoms with Gasteiger partial charge in [-0.25, -0.2) is 4.99 Å². The van der Waals surface area contributed by atoms with Crippen LogP contribution in [0.15, 0.2) is 40.3 Å². The number of hydrogen-bond donors (Lipinski definition) is 0. The van der Waals surface area contributed by atoms with E-state index in [1.165, 1.54) is 31.5 Å². The summed E-state index contributed by atoms with van der Waals surface area (Å²) in [6.45, 7) is 3.26. The number of para-hydroxylation sites is 1. The Morgan fingerprint density at radius 1 is 0.952 bits per heavy atom. The highest BCUT2D eigenvalue weighted by Crippen LogP contribution is 2.17. The smallest absolute Gasteiger partial charge is 0.227 e. The maximum atomic E-state index is 4.89. The fraction of sp³-hybridized carbons (Fsp3) is 0.529. The summed E-state index contributed by atoms with van der Waals surface area (Å²) in [7, 11) is 2.13. The first-order valence-electron chi connectivity index (χ1n) is 8.00. The van der Waals surface area contributed by atoms with Crippen molar-refractivity contribution in [1.82, 2.24) is 9.80 Å². The Kier molecular flexibility index (Phi) is 4.53. The van der Waals surface area contributed by atoms with Crippen molar-refractivity contribution in [3.63, 3.8) is 0 Å². The van der Waals surface area contributed by atoms with E-state index in [1.807, 2.05) is 30.3 Å². The van der Waals surface area contributed by atoms with Crippen molar-refractivity contribution in [2.45, 2.75) is 32.1 Å². The fourth-order valence-corrected chi connectivity index (χ4v) is 2.93. The van der Waals surface area contributed by atoms with E-state index in [0.29, 0.717) is 0 Å². The van der Waals surface area contributed by atoms with Gasteiger partial charge < -0.3 is 9.80 Å². The SMILES string of the molecule is CN1CCCC1=NC(=Nc1ccccc1)N1CCCCC1. The topological polar surface area (TPSA) is 31.2 Å². The number of hydrogen-bond acceptors (Lipinski definition) is 1. The van der Waals surface area contributed by atoms with Crippen LogP contribution in [0.2, 0.25) is 0 Å². The van der Waals surface area contributed by atoms with Crippen LogP contribution in [-0.2, 0) is 0 Å². The Balaban J connectivity index is 1.88. The number of benzene rings is 1. The van der Waals surface area contributed by atoms with E-state index in [0.717, 1.165) is 37.7 Å². The molecule has 1 aromatic carbocycles. The van der Waals surface area contributed by atoms with Crippen LogP contribution in [0.5, 0.6) is 0 Å². The minimum atomic E-state index is 0.893. The molecule has 4 heteroatoms. The van der Waals surface area contributed by atoms with Gasteiger partial charge in [0.25, 0.3) is 0 Å². The molecule has 0 bridgehead atoms. The minimum absolute atomic E-state index is 0.893. The highest BCUT2D eigenvalue weighted by atomic mass is 15.3. The zero-order valence-corrected chi connectivity index (χ0v) is 12.8. The molecule has 0 saturated carbocycles. The largest absolute Gasteiger partial charge is 0.363 e. The van der Waals surface area contributed by atoms with Gasteiger partial charge in [0.15, 0.2) is 0 Å². The van der Waals surface area contributed by atoms with Crippen LogP contribution in [0.4, 0.5) is 5.69 Å². The van der Waals surface area contributed by atoms with Crippen LogP contribution in [0.25, 0.3) is 0 Å². The number of guanidine groups is 1. The van der Waals surface area contributed by atoms with Crippen LogP contribution in [-0.4, -0.2) is 48.3 Å². The lowest BCUT2D eigenvalue weighted by Gasteiger charge is -2.28. The molecule has 4 nitrogen and oxygen atoms in total. The highest BCUT2D eigenvalue weighted by Gasteiger charge is 2.19. The van der Waals surface area contributed by atoms with Gasteiger partial charge in [-0.2, -0.15) is 4.99 Å². The molecular formula is C17H24N4. The van der Waals surface area contributed by atoms with Crippen molar-refractivity contribution in [2.24, 2.45) is 9.98 Å². The van der Waals surface area contributed by atoms with Gasteiger partial charge in [-0.15, -0.1) is 0 Å². The van der Waals surface area contributed by atoms with Gasteiger partial charge in [-0.1, -0.05) is 18.2 Å². The average molecular weight is 284 g/mol. The van der Waals surface area contributed by atoms with Gasteiger partial charge in [0, 0.05) is 33.1 Å². The molecule has 0 N–H and O–H groups in total. The summed E-state index contributed by atoms with van der Waals surface area (Å²) in [4.78, 5) is 14.3. The zero-order chi connectivity index (χ0) is 14.5. The number of amidine groups is 1. The molecule has 3 rings (SSSR count). The highest BCUT2D eigenvalue weighted by molar-refractivity contribution is 5.97. The Bertz CT molecular complexity index is 515. The molecule has 2 saturated heterocycles. The first-order chi connectivity index (χ1) is 10.3. The third-order valence-electron chi connectivity index (χ3n) is 4.19. The van der Waals surface area contributed by atoms with Crippen LogP contribution in [0.1, 0.15) is 32.1 Å². The maximum absolute atomic E-state index is 4.89. The lowest BCUT2D eigenvalue weighted by Crippen LogP contribution is -2.36. The quantitative estimate of drug-likeness (QED) is 0.585. The van der Waals surface area contributed by atoms with Gasteiger partial charge >= 0.3 is 0 Å². The molecule has 0 aromatic heterocycles. The summed E-state index contributed by atoms with van der Waals surface area (Å²) in [5.41, 5.74) is 0.989. The second-order valence-electron chi connectivity index (χ2n) is 5.85. The fourth-order valence-electron chi connectivity index (χ4n) is 2.93. The van der Waals surface area contributed by atoms with Gasteiger partial charge in [0.2, 0.25) is 5.96 Å². The van der Waals surface area contributed by atoms with Gasteiger partial charge in [0.05, 0.1) is 5.69 Å². The molecule has 21 heavy (non-hydrogen) atoms. The molecule has 0 unspecified atom stereocenters. The average Bonchev–Trinajstić information content (AvgIpc) is 2.94. The molecule has 2 heterocycles. The molecule has 0 amide bonds. The molecule has 2 aliphatic rings. The van der Waals surface area contributed by atoms with Gasteiger partial charge in [0.1, 0.15) is 5.84 Å². The van der Waals surface area contributed by atoms with E-state index < -0.39 is 0 Å². The number of likely N-dealkylation sites (tertiary alicyclic amines) is 2. The standard InChI is InChI=1S/C17H24N4/c1-20-12-8-11-16(20)19-17(21-13-6-3-7-14-21)18-15-9-4-2-5-10-15/h2,4-5,9-10H,3,6-8,11-14H2,1H3. The van der Waals surface area contributed by atoms with E-state index in [2.05, 4.69) is 16.8 Å². The van der Waals surface area contributed by atoms with Crippen LogP contribution >= 0.6 is 0 Å². The van der Waals surface area contributed by atoms with Crippen molar-refractivity contribution >= 4 is 17.5 Å². The Labute approximate surface area is 127 Å². The molecule has 0 spiro atoms. The molecule has 0 atom stereocenters. The summed E-state index contributed by atoms with van der Waals surface area (Å²) in [5, 5.41) is 0. The molecular weight excluding hydrogens is 260 g/mol. The summed E-state index contributed by atoms with van der Waals surface area (Å²) in [5.74, 6) is 2.07. The van der Waals surface area contributed by atoms with Crippen molar-refractivity contribution in [3.8, 4) is 0 Å². The zero-order valence-electron chi connectivity index (χ0n) is 12.8. The Morgan fingerprint density at radius 3 is 2.38 bits per heavy atom. The second kappa shape index (κ2) is 6.74. The van der Waals surface area contributed by atoms with E-state index in [9.17, 15) is 0 Å².